The molecule has 0 aliphatic heterocycles. The van der Waals surface area contributed by atoms with E-state index in [0.29, 0.717) is 23.8 Å². The van der Waals surface area contributed by atoms with Gasteiger partial charge in [0.25, 0.3) is 5.91 Å². The molecule has 6 heteroatoms. The standard InChI is InChI=1S/C25H33FN2O3/c1-17(2)14-27-25(30)19(5)28(15-21-8-6-7-9-23(21)26)24(29)16-31-22-12-10-20(11-13-22)18(3)4/h6-13,17-19H,14-16H2,1-5H3,(H,27,30)/t19-/m0/s1. The molecule has 2 amide bonds. The van der Waals surface area contributed by atoms with Crippen molar-refractivity contribution in [1.29, 1.82) is 0 Å². The fraction of sp³-hybridized carbons (Fsp3) is 0.440. The van der Waals surface area contributed by atoms with E-state index in [2.05, 4.69) is 19.2 Å². The fourth-order valence-electron chi connectivity index (χ4n) is 3.02. The van der Waals surface area contributed by atoms with Crippen molar-refractivity contribution in [1.82, 2.24) is 10.2 Å². The summed E-state index contributed by atoms with van der Waals surface area (Å²) >= 11 is 0. The van der Waals surface area contributed by atoms with Gasteiger partial charge in [-0.25, -0.2) is 4.39 Å². The Kier molecular flexibility index (Phi) is 9.03. The number of rotatable bonds is 10. The van der Waals surface area contributed by atoms with Crippen molar-refractivity contribution in [2.75, 3.05) is 13.2 Å². The molecule has 0 fully saturated rings. The summed E-state index contributed by atoms with van der Waals surface area (Å²) in [5, 5.41) is 2.84. The highest BCUT2D eigenvalue weighted by atomic mass is 19.1. The average molecular weight is 429 g/mol. The highest BCUT2D eigenvalue weighted by Crippen LogP contribution is 2.19. The van der Waals surface area contributed by atoms with Gasteiger partial charge in [0, 0.05) is 18.7 Å². The zero-order valence-corrected chi connectivity index (χ0v) is 19.0. The second-order valence-electron chi connectivity index (χ2n) is 8.44. The van der Waals surface area contributed by atoms with Crippen molar-refractivity contribution >= 4 is 11.8 Å². The maximum absolute atomic E-state index is 14.2. The van der Waals surface area contributed by atoms with Crippen LogP contribution in [0.3, 0.4) is 0 Å². The molecule has 2 rings (SSSR count). The molecule has 168 valence electrons. The van der Waals surface area contributed by atoms with Gasteiger partial charge in [-0.1, -0.05) is 58.0 Å². The van der Waals surface area contributed by atoms with Crippen LogP contribution in [-0.4, -0.2) is 35.9 Å². The molecule has 1 N–H and O–H groups in total. The average Bonchev–Trinajstić information content (AvgIpc) is 2.75. The van der Waals surface area contributed by atoms with Gasteiger partial charge in [0.2, 0.25) is 5.91 Å². The third kappa shape index (κ3) is 7.39. The van der Waals surface area contributed by atoms with E-state index >= 15 is 0 Å². The Morgan fingerprint density at radius 1 is 1.00 bits per heavy atom. The van der Waals surface area contributed by atoms with Crippen LogP contribution in [0.15, 0.2) is 48.5 Å². The minimum Gasteiger partial charge on any atom is -0.484 e. The summed E-state index contributed by atoms with van der Waals surface area (Å²) in [5.74, 6) is 0.171. The first kappa shape index (κ1) is 24.4. The lowest BCUT2D eigenvalue weighted by Crippen LogP contribution is -2.49. The van der Waals surface area contributed by atoms with Gasteiger partial charge in [-0.3, -0.25) is 9.59 Å². The van der Waals surface area contributed by atoms with Crippen molar-refractivity contribution in [3.8, 4) is 5.75 Å². The van der Waals surface area contributed by atoms with Crippen LogP contribution in [0.1, 0.15) is 51.7 Å². The van der Waals surface area contributed by atoms with E-state index in [1.165, 1.54) is 16.5 Å². The maximum atomic E-state index is 14.2. The predicted octanol–water partition coefficient (Wildman–Crippen LogP) is 4.52. The molecule has 2 aromatic rings. The Hall–Kier alpha value is -2.89. The fourth-order valence-corrected chi connectivity index (χ4v) is 3.02. The zero-order valence-electron chi connectivity index (χ0n) is 19.0. The highest BCUT2D eigenvalue weighted by molar-refractivity contribution is 5.87. The Balaban J connectivity index is 2.12. The van der Waals surface area contributed by atoms with E-state index in [0.717, 1.165) is 0 Å². The molecule has 31 heavy (non-hydrogen) atoms. The van der Waals surface area contributed by atoms with Crippen LogP contribution in [0, 0.1) is 11.7 Å². The number of halogens is 1. The molecule has 0 aromatic heterocycles. The molecule has 0 unspecified atom stereocenters. The second-order valence-corrected chi connectivity index (χ2v) is 8.44. The molecule has 0 saturated heterocycles. The minimum atomic E-state index is -0.766. The summed E-state index contributed by atoms with van der Waals surface area (Å²) < 4.78 is 19.9. The van der Waals surface area contributed by atoms with Crippen LogP contribution >= 0.6 is 0 Å². The van der Waals surface area contributed by atoms with Crippen molar-refractivity contribution < 1.29 is 18.7 Å². The normalized spacial score (nSPS) is 12.0. The molecule has 2 aromatic carbocycles. The van der Waals surface area contributed by atoms with Gasteiger partial charge in [0.15, 0.2) is 6.61 Å². The van der Waals surface area contributed by atoms with Crippen molar-refractivity contribution in [2.45, 2.75) is 53.1 Å². The Morgan fingerprint density at radius 2 is 1.65 bits per heavy atom. The monoisotopic (exact) mass is 428 g/mol. The van der Waals surface area contributed by atoms with E-state index in [4.69, 9.17) is 4.74 Å². The van der Waals surface area contributed by atoms with E-state index < -0.39 is 11.9 Å². The van der Waals surface area contributed by atoms with Crippen molar-refractivity contribution in [2.24, 2.45) is 5.92 Å². The number of amides is 2. The summed E-state index contributed by atoms with van der Waals surface area (Å²) in [6.45, 7) is 10.1. The lowest BCUT2D eigenvalue weighted by Gasteiger charge is -2.29. The second kappa shape index (κ2) is 11.5. The summed E-state index contributed by atoms with van der Waals surface area (Å²) in [5.41, 5.74) is 1.52. The largest absolute Gasteiger partial charge is 0.484 e. The molecular formula is C25H33FN2O3. The van der Waals surface area contributed by atoms with Gasteiger partial charge in [0.1, 0.15) is 17.6 Å². The molecule has 0 aliphatic rings. The molecule has 1 atom stereocenters. The minimum absolute atomic E-state index is 0.0164. The highest BCUT2D eigenvalue weighted by Gasteiger charge is 2.27. The molecule has 5 nitrogen and oxygen atoms in total. The van der Waals surface area contributed by atoms with Gasteiger partial charge in [-0.05, 0) is 42.5 Å². The summed E-state index contributed by atoms with van der Waals surface area (Å²) in [6, 6.07) is 13.1. The zero-order chi connectivity index (χ0) is 23.0. The number of hydrogen-bond donors (Lipinski definition) is 1. The molecular weight excluding hydrogens is 395 g/mol. The van der Waals surface area contributed by atoms with Gasteiger partial charge in [-0.2, -0.15) is 0 Å². The first-order valence-electron chi connectivity index (χ1n) is 10.7. The summed E-state index contributed by atoms with van der Waals surface area (Å²) in [4.78, 5) is 27.0. The molecule has 0 radical (unpaired) electrons. The van der Waals surface area contributed by atoms with Crippen LogP contribution in [0.2, 0.25) is 0 Å². The van der Waals surface area contributed by atoms with Crippen LogP contribution in [0.25, 0.3) is 0 Å². The molecule has 0 heterocycles. The van der Waals surface area contributed by atoms with Crippen LogP contribution in [-0.2, 0) is 16.1 Å². The van der Waals surface area contributed by atoms with Gasteiger partial charge in [0.05, 0.1) is 0 Å². The molecule has 0 aliphatic carbocycles. The van der Waals surface area contributed by atoms with E-state index in [1.807, 2.05) is 38.1 Å². The van der Waals surface area contributed by atoms with Gasteiger partial charge >= 0.3 is 0 Å². The third-order valence-corrected chi connectivity index (χ3v) is 5.06. The molecule has 0 bridgehead atoms. The topological polar surface area (TPSA) is 58.6 Å². The third-order valence-electron chi connectivity index (χ3n) is 5.06. The summed E-state index contributed by atoms with van der Waals surface area (Å²) in [7, 11) is 0. The first-order chi connectivity index (χ1) is 14.7. The summed E-state index contributed by atoms with van der Waals surface area (Å²) in [6.07, 6.45) is 0. The number of nitrogens with zero attached hydrogens (tertiary/aromatic N) is 1. The van der Waals surface area contributed by atoms with Crippen LogP contribution < -0.4 is 10.1 Å². The van der Waals surface area contributed by atoms with Gasteiger partial charge < -0.3 is 15.0 Å². The smallest absolute Gasteiger partial charge is 0.261 e. The lowest BCUT2D eigenvalue weighted by molar-refractivity contribution is -0.142. The number of benzene rings is 2. The first-order valence-corrected chi connectivity index (χ1v) is 10.7. The van der Waals surface area contributed by atoms with Crippen LogP contribution in [0.5, 0.6) is 5.75 Å². The maximum Gasteiger partial charge on any atom is 0.261 e. The molecule has 0 saturated carbocycles. The Morgan fingerprint density at radius 3 is 2.23 bits per heavy atom. The Labute approximate surface area is 184 Å². The number of carbonyl (C=O) groups excluding carboxylic acids is 2. The number of ether oxygens (including phenoxy) is 1. The number of nitrogens with one attached hydrogen (secondary N) is 1. The SMILES string of the molecule is CC(C)CNC(=O)[C@H](C)N(Cc1ccccc1F)C(=O)COc1ccc(C(C)C)cc1. The predicted molar refractivity (Wildman–Crippen MR) is 120 cm³/mol. The van der Waals surface area contributed by atoms with Crippen molar-refractivity contribution in [3.63, 3.8) is 0 Å². The van der Waals surface area contributed by atoms with Gasteiger partial charge in [-0.15, -0.1) is 0 Å². The lowest BCUT2D eigenvalue weighted by atomic mass is 10.0. The van der Waals surface area contributed by atoms with E-state index in [9.17, 15) is 14.0 Å². The van der Waals surface area contributed by atoms with E-state index in [-0.39, 0.29) is 30.9 Å². The number of hydrogen-bond acceptors (Lipinski definition) is 3. The number of carbonyl (C=O) groups is 2. The quantitative estimate of drug-likeness (QED) is 0.605. The Bertz CT molecular complexity index is 865. The van der Waals surface area contributed by atoms with Crippen LogP contribution in [0.4, 0.5) is 4.39 Å². The van der Waals surface area contributed by atoms with E-state index in [1.54, 1.807) is 25.1 Å². The van der Waals surface area contributed by atoms with Crippen molar-refractivity contribution in [3.05, 3.63) is 65.5 Å². The molecule has 0 spiro atoms.